The maximum absolute atomic E-state index is 6.17. The van der Waals surface area contributed by atoms with Crippen molar-refractivity contribution in [1.29, 1.82) is 0 Å². The molecule has 1 N–H and O–H groups in total. The van der Waals surface area contributed by atoms with Gasteiger partial charge in [0.25, 0.3) is 0 Å². The Morgan fingerprint density at radius 2 is 1.89 bits per heavy atom. The van der Waals surface area contributed by atoms with Crippen molar-refractivity contribution in [1.82, 2.24) is 10.2 Å². The molecule has 2 fully saturated rings. The molecule has 2 unspecified atom stereocenters. The molecule has 0 amide bonds. The normalized spacial score (nSPS) is 28.0. The predicted molar refractivity (Wildman–Crippen MR) is 80.4 cm³/mol. The zero-order chi connectivity index (χ0) is 13.9. The Bertz CT molecular complexity index is 294. The molecule has 1 aliphatic carbocycles. The fourth-order valence-corrected chi connectivity index (χ4v) is 2.67. The van der Waals surface area contributed by atoms with Crippen molar-refractivity contribution < 1.29 is 4.74 Å². The number of nitrogens with one attached hydrogen (secondary N) is 1. The molecule has 0 radical (unpaired) electrons. The van der Waals surface area contributed by atoms with Gasteiger partial charge in [-0.2, -0.15) is 0 Å². The second kappa shape index (κ2) is 6.38. The van der Waals surface area contributed by atoms with E-state index in [-0.39, 0.29) is 5.54 Å². The van der Waals surface area contributed by atoms with Gasteiger partial charge in [-0.05, 0) is 46.5 Å². The van der Waals surface area contributed by atoms with Gasteiger partial charge in [-0.1, -0.05) is 6.08 Å². The summed E-state index contributed by atoms with van der Waals surface area (Å²) in [7, 11) is 0. The Morgan fingerprint density at radius 1 is 1.21 bits per heavy atom. The summed E-state index contributed by atoms with van der Waals surface area (Å²) in [4.78, 5) is 2.46. The third-order valence-electron chi connectivity index (χ3n) is 4.13. The van der Waals surface area contributed by atoms with Crippen LogP contribution in [0.25, 0.3) is 0 Å². The van der Waals surface area contributed by atoms with Gasteiger partial charge in [0.2, 0.25) is 0 Å². The lowest BCUT2D eigenvalue weighted by atomic mass is 10.0. The first kappa shape index (κ1) is 15.0. The topological polar surface area (TPSA) is 24.5 Å². The van der Waals surface area contributed by atoms with E-state index in [0.717, 1.165) is 25.7 Å². The van der Waals surface area contributed by atoms with Crippen LogP contribution < -0.4 is 5.32 Å². The van der Waals surface area contributed by atoms with Gasteiger partial charge in [0.1, 0.15) is 0 Å². The Labute approximate surface area is 118 Å². The molecule has 110 valence electrons. The van der Waals surface area contributed by atoms with E-state index in [2.05, 4.69) is 37.6 Å². The van der Waals surface area contributed by atoms with Crippen molar-refractivity contribution in [2.45, 2.75) is 70.2 Å². The van der Waals surface area contributed by atoms with E-state index >= 15 is 0 Å². The lowest BCUT2D eigenvalue weighted by Gasteiger charge is -2.36. The first-order chi connectivity index (χ1) is 8.99. The highest BCUT2D eigenvalue weighted by Crippen LogP contribution is 2.24. The molecule has 0 aromatic carbocycles. The summed E-state index contributed by atoms with van der Waals surface area (Å²) in [6, 6.07) is 0.787. The number of hydrogen-bond acceptors (Lipinski definition) is 3. The molecule has 1 heterocycles. The zero-order valence-electron chi connectivity index (χ0n) is 12.8. The molecule has 2 atom stereocenters. The highest BCUT2D eigenvalue weighted by atomic mass is 16.5. The van der Waals surface area contributed by atoms with Crippen molar-refractivity contribution in [2.24, 2.45) is 0 Å². The second-order valence-electron chi connectivity index (χ2n) is 7.00. The summed E-state index contributed by atoms with van der Waals surface area (Å²) >= 11 is 0. The molecular weight excluding hydrogens is 236 g/mol. The van der Waals surface area contributed by atoms with Crippen molar-refractivity contribution in [3.8, 4) is 0 Å². The van der Waals surface area contributed by atoms with Gasteiger partial charge in [-0.25, -0.2) is 0 Å². The average molecular weight is 266 g/mol. The minimum atomic E-state index is 0.182. The maximum Gasteiger partial charge on any atom is 0.0707 e. The highest BCUT2D eigenvalue weighted by Gasteiger charge is 2.31. The third-order valence-corrected chi connectivity index (χ3v) is 4.13. The molecule has 19 heavy (non-hydrogen) atoms. The summed E-state index contributed by atoms with van der Waals surface area (Å²) in [5.41, 5.74) is 0.182. The lowest BCUT2D eigenvalue weighted by molar-refractivity contribution is 0.00678. The zero-order valence-corrected chi connectivity index (χ0v) is 12.8. The number of ether oxygens (including phenoxy) is 1. The molecule has 3 nitrogen and oxygen atoms in total. The number of hydrogen-bond donors (Lipinski definition) is 1. The van der Waals surface area contributed by atoms with E-state index < -0.39 is 0 Å². The number of nitrogens with zero attached hydrogens (tertiary/aromatic N) is 1. The first-order valence-corrected chi connectivity index (χ1v) is 7.74. The van der Waals surface area contributed by atoms with Gasteiger partial charge in [-0.15, -0.1) is 6.58 Å². The van der Waals surface area contributed by atoms with Crippen LogP contribution in [0.1, 0.15) is 46.5 Å². The summed E-state index contributed by atoms with van der Waals surface area (Å²) in [6.07, 6.45) is 7.92. The quantitative estimate of drug-likeness (QED) is 0.717. The largest absolute Gasteiger partial charge is 0.372 e. The fourth-order valence-electron chi connectivity index (χ4n) is 2.67. The average Bonchev–Trinajstić information content (AvgIpc) is 3.05. The number of rotatable bonds is 7. The summed E-state index contributed by atoms with van der Waals surface area (Å²) in [5.74, 6) is 0. The van der Waals surface area contributed by atoms with E-state index in [0.29, 0.717) is 12.2 Å². The first-order valence-electron chi connectivity index (χ1n) is 7.74. The van der Waals surface area contributed by atoms with Crippen LogP contribution in [0.4, 0.5) is 0 Å². The Morgan fingerprint density at radius 3 is 2.47 bits per heavy atom. The van der Waals surface area contributed by atoms with Crippen LogP contribution >= 0.6 is 0 Å². The Kier molecular flexibility index (Phi) is 5.04. The van der Waals surface area contributed by atoms with Gasteiger partial charge in [0.05, 0.1) is 12.2 Å². The molecule has 0 bridgehead atoms. The molecular formula is C16H30N2O. The summed E-state index contributed by atoms with van der Waals surface area (Å²) in [6.45, 7) is 13.7. The summed E-state index contributed by atoms with van der Waals surface area (Å²) < 4.78 is 6.17. The van der Waals surface area contributed by atoms with Crippen LogP contribution in [0.15, 0.2) is 12.7 Å². The van der Waals surface area contributed by atoms with Gasteiger partial charge in [0.15, 0.2) is 0 Å². The van der Waals surface area contributed by atoms with E-state index in [1.54, 1.807) is 0 Å². The van der Waals surface area contributed by atoms with Gasteiger partial charge in [-0.3, -0.25) is 4.90 Å². The van der Waals surface area contributed by atoms with Crippen molar-refractivity contribution in [2.75, 3.05) is 19.6 Å². The smallest absolute Gasteiger partial charge is 0.0707 e. The molecule has 1 aliphatic heterocycles. The molecule has 1 saturated heterocycles. The molecule has 3 heteroatoms. The molecule has 2 aliphatic rings. The van der Waals surface area contributed by atoms with Crippen LogP contribution in [0.2, 0.25) is 0 Å². The molecule has 0 aromatic heterocycles. The SMILES string of the molecule is C=CCN(CC1CCC(CNC2CC2)O1)C(C)(C)C. The molecule has 1 saturated carbocycles. The fraction of sp³-hybridized carbons (Fsp3) is 0.875. The molecule has 0 aromatic rings. The lowest BCUT2D eigenvalue weighted by Crippen LogP contribution is -2.45. The Hall–Kier alpha value is -0.380. The van der Waals surface area contributed by atoms with E-state index in [1.165, 1.54) is 25.7 Å². The van der Waals surface area contributed by atoms with Crippen molar-refractivity contribution in [3.05, 3.63) is 12.7 Å². The molecule has 2 rings (SSSR count). The molecule has 0 spiro atoms. The van der Waals surface area contributed by atoms with Crippen molar-refractivity contribution >= 4 is 0 Å². The van der Waals surface area contributed by atoms with Gasteiger partial charge in [0, 0.05) is 31.2 Å². The monoisotopic (exact) mass is 266 g/mol. The van der Waals surface area contributed by atoms with Crippen LogP contribution in [0.5, 0.6) is 0 Å². The van der Waals surface area contributed by atoms with Crippen LogP contribution in [-0.4, -0.2) is 48.3 Å². The predicted octanol–water partition coefficient (Wildman–Crippen LogP) is 2.57. The van der Waals surface area contributed by atoms with Crippen molar-refractivity contribution in [3.63, 3.8) is 0 Å². The van der Waals surface area contributed by atoms with Crippen LogP contribution in [0.3, 0.4) is 0 Å². The standard InChI is InChI=1S/C16H30N2O/c1-5-10-18(16(2,3)4)12-15-9-8-14(19-15)11-17-13-6-7-13/h5,13-15,17H,1,6-12H2,2-4H3. The highest BCUT2D eigenvalue weighted by molar-refractivity contribution is 4.88. The maximum atomic E-state index is 6.17. The summed E-state index contributed by atoms with van der Waals surface area (Å²) in [5, 5.41) is 3.57. The van der Waals surface area contributed by atoms with E-state index in [9.17, 15) is 0 Å². The van der Waals surface area contributed by atoms with E-state index in [4.69, 9.17) is 4.74 Å². The van der Waals surface area contributed by atoms with Gasteiger partial charge < -0.3 is 10.1 Å². The van der Waals surface area contributed by atoms with Crippen LogP contribution in [0, 0.1) is 0 Å². The minimum Gasteiger partial charge on any atom is -0.372 e. The second-order valence-corrected chi connectivity index (χ2v) is 7.00. The Balaban J connectivity index is 1.73. The third kappa shape index (κ3) is 4.90. The van der Waals surface area contributed by atoms with E-state index in [1.807, 2.05) is 6.08 Å². The van der Waals surface area contributed by atoms with Gasteiger partial charge >= 0.3 is 0 Å². The minimum absolute atomic E-state index is 0.182. The van der Waals surface area contributed by atoms with Crippen LogP contribution in [-0.2, 0) is 4.74 Å².